The zero-order valence-corrected chi connectivity index (χ0v) is 62.3. The molecule has 5 aliphatic heterocycles. The fraction of sp³-hybridized carbons (Fsp3) is 0.342. The van der Waals surface area contributed by atoms with Crippen LogP contribution >= 0.6 is 0 Å². The molecule has 0 bridgehead atoms. The van der Waals surface area contributed by atoms with Crippen molar-refractivity contribution < 1.29 is 41.6 Å². The molecule has 115 heavy (non-hydrogen) atoms. The van der Waals surface area contributed by atoms with Gasteiger partial charge in [-0.1, -0.05) is 0 Å². The van der Waals surface area contributed by atoms with Gasteiger partial charge in [0.25, 0.3) is 0 Å². The van der Waals surface area contributed by atoms with E-state index in [1.165, 1.54) is 62.6 Å². The predicted molar refractivity (Wildman–Crippen MR) is 415 cm³/mol. The van der Waals surface area contributed by atoms with Gasteiger partial charge >= 0.3 is 0 Å². The lowest BCUT2D eigenvalue weighted by atomic mass is 10.2. The van der Waals surface area contributed by atoms with Gasteiger partial charge in [-0.05, 0) is 64.2 Å². The molecule has 20 rings (SSSR count). The van der Waals surface area contributed by atoms with Gasteiger partial charge in [0.15, 0.2) is 87.3 Å². The predicted octanol–water partition coefficient (Wildman–Crippen LogP) is 9.52. The Morgan fingerprint density at radius 1 is 0.322 bits per heavy atom. The van der Waals surface area contributed by atoms with E-state index in [4.69, 9.17) is 9.47 Å². The van der Waals surface area contributed by atoms with E-state index in [0.29, 0.717) is 95.5 Å². The molecule has 0 radical (unpaired) electrons. The standard InChI is InChI=1S/2C16H17FN6O.2C15H15FN6O.C14H13FN6/c2*1-24-8-10-3-2-4-23(10)16-13(17)7-20-15(22-16)12-6-19-14-11(12)5-18-9-21-14;2*16-12-6-19-14(11-5-18-13-10(11)4-17-8-20-13)21-15(12)22-3-1-2-9(22)7-23;15-11-7-18-13(20-14(11)21-3-1-2-4-21)10-6-17-12-9(10)5-16-8-19-12/h2*5-7,9-10H,2-4,8H2,1H3,(H,18,19,21);2*4-6,8-9,23H,1-3,7H2,(H,17,18,20);5-8H,1-4H2,(H,16,17,19)/t2*10-;2*9-;/m1010./s1. The fourth-order valence-electron chi connectivity index (χ4n) is 15.2. The number of H-pyrrole nitrogens is 5. The molecule has 7 N–H and O–H groups in total. The van der Waals surface area contributed by atoms with Gasteiger partial charge in [0.05, 0.1) is 81.6 Å². The Hall–Kier alpha value is -13.0. The molecule has 15 aromatic heterocycles. The monoisotopic (exact) mass is 1570 g/mol. The number of rotatable bonds is 16. The zero-order chi connectivity index (χ0) is 78.9. The van der Waals surface area contributed by atoms with Gasteiger partial charge in [-0.2, -0.15) is 0 Å². The maximum absolute atomic E-state index is 14.4. The minimum atomic E-state index is -0.481. The average Bonchev–Trinajstić information content (AvgIpc) is 1.67. The number of anilines is 5. The van der Waals surface area contributed by atoms with Crippen LogP contribution in [0.25, 0.3) is 112 Å². The van der Waals surface area contributed by atoms with Crippen molar-refractivity contribution in [3.63, 3.8) is 0 Å². The third-order valence-corrected chi connectivity index (χ3v) is 20.8. The Balaban J connectivity index is 0.000000108. The molecule has 4 atom stereocenters. The van der Waals surface area contributed by atoms with Gasteiger partial charge in [0.2, 0.25) is 0 Å². The van der Waals surface area contributed by atoms with E-state index in [-0.39, 0.29) is 54.8 Å². The first-order chi connectivity index (χ1) is 56.4. The lowest BCUT2D eigenvalue weighted by molar-refractivity contribution is 0.180. The van der Waals surface area contributed by atoms with Gasteiger partial charge in [-0.15, -0.1) is 0 Å². The molecule has 34 nitrogen and oxygen atoms in total. The summed E-state index contributed by atoms with van der Waals surface area (Å²) in [7, 11) is 3.31. The van der Waals surface area contributed by atoms with Crippen LogP contribution in [0.2, 0.25) is 0 Å². The highest BCUT2D eigenvalue weighted by Crippen LogP contribution is 2.37. The van der Waals surface area contributed by atoms with Crippen molar-refractivity contribution in [1.82, 2.24) is 125 Å². The summed E-state index contributed by atoms with van der Waals surface area (Å²) < 4.78 is 81.6. The third kappa shape index (κ3) is 16.0. The molecular formula is C76H77F5N30O4. The number of halogens is 5. The normalized spacial score (nSPS) is 17.3. The van der Waals surface area contributed by atoms with E-state index in [0.717, 1.165) is 151 Å². The SMILES string of the molecule is COC[C@@H]1CCCN1c1nc(-c2c[nH]c3ncncc23)ncc1F.COC[C@H]1CCCN1c1nc(-c2c[nH]c3ncncc23)ncc1F.Fc1cnc(-c2c[nH]c3ncncc23)nc1N1CCCC1.OC[C@@H]1CCCN1c1nc(-c2c[nH]c3ncncc23)ncc1F.OC[C@H]1CCCN1c1nc(-c2c[nH]c3ncncc23)ncc1F. The summed E-state index contributed by atoms with van der Waals surface area (Å²) in [5.41, 5.74) is 7.23. The molecule has 0 aromatic carbocycles. The van der Waals surface area contributed by atoms with Crippen LogP contribution in [0.3, 0.4) is 0 Å². The highest BCUT2D eigenvalue weighted by atomic mass is 19.1. The fourth-order valence-corrected chi connectivity index (χ4v) is 15.2. The van der Waals surface area contributed by atoms with Gasteiger partial charge in [-0.25, -0.2) is 122 Å². The Kier molecular flexibility index (Phi) is 22.8. The van der Waals surface area contributed by atoms with Crippen molar-refractivity contribution in [3.05, 3.63) is 154 Å². The number of aliphatic hydroxyl groups is 2. The molecule has 39 heteroatoms. The first-order valence-corrected chi connectivity index (χ1v) is 37.4. The summed E-state index contributed by atoms with van der Waals surface area (Å²) in [6, 6.07) is 0.0780. The summed E-state index contributed by atoms with van der Waals surface area (Å²) in [4.78, 5) is 108. The molecule has 0 aliphatic carbocycles. The molecule has 15 aromatic rings. The molecule has 0 amide bonds. The van der Waals surface area contributed by atoms with Crippen molar-refractivity contribution in [2.24, 2.45) is 0 Å². The number of nitrogens with one attached hydrogen (secondary N) is 5. The first kappa shape index (κ1) is 76.0. The van der Waals surface area contributed by atoms with Crippen molar-refractivity contribution in [2.75, 3.05) is 104 Å². The molecule has 5 aliphatic rings. The molecule has 590 valence electrons. The number of hydrogen-bond donors (Lipinski definition) is 7. The van der Waals surface area contributed by atoms with E-state index >= 15 is 0 Å². The van der Waals surface area contributed by atoms with E-state index < -0.39 is 23.3 Å². The average molecular weight is 1570 g/mol. The first-order valence-electron chi connectivity index (χ1n) is 37.4. The van der Waals surface area contributed by atoms with Gasteiger partial charge in [-0.3, -0.25) is 0 Å². The van der Waals surface area contributed by atoms with Gasteiger partial charge < -0.3 is 69.1 Å². The number of hydrogen-bond acceptors (Lipinski definition) is 29. The molecule has 5 saturated heterocycles. The minimum Gasteiger partial charge on any atom is -0.394 e. The smallest absolute Gasteiger partial charge is 0.183 e. The van der Waals surface area contributed by atoms with Crippen LogP contribution in [0.5, 0.6) is 0 Å². The summed E-state index contributed by atoms with van der Waals surface area (Å²) in [5.74, 6) is 1.53. The van der Waals surface area contributed by atoms with Crippen molar-refractivity contribution in [1.29, 1.82) is 0 Å². The van der Waals surface area contributed by atoms with E-state index in [1.807, 2.05) is 24.5 Å². The highest BCUT2D eigenvalue weighted by Gasteiger charge is 2.34. The lowest BCUT2D eigenvalue weighted by Crippen LogP contribution is -2.34. The number of aromatic amines is 5. The molecule has 0 unspecified atom stereocenters. The van der Waals surface area contributed by atoms with E-state index in [2.05, 4.69) is 125 Å². The Labute approximate surface area is 651 Å². The quantitative estimate of drug-likeness (QED) is 0.0442. The van der Waals surface area contributed by atoms with Gasteiger partial charge in [0.1, 0.15) is 59.9 Å². The van der Waals surface area contributed by atoms with Gasteiger partial charge in [0, 0.05) is 170 Å². The summed E-state index contributed by atoms with van der Waals surface area (Å²) >= 11 is 0. The molecule has 0 spiro atoms. The summed E-state index contributed by atoms with van der Waals surface area (Å²) in [6.07, 6.45) is 40.1. The number of nitrogens with zero attached hydrogens (tertiary/aromatic N) is 25. The number of methoxy groups -OCH3 is 2. The Morgan fingerprint density at radius 2 is 0.565 bits per heavy atom. The number of ether oxygens (including phenoxy) is 2. The third-order valence-electron chi connectivity index (χ3n) is 20.8. The van der Waals surface area contributed by atoms with Crippen LogP contribution in [-0.4, -0.2) is 239 Å². The van der Waals surface area contributed by atoms with Crippen LogP contribution in [0, 0.1) is 29.1 Å². The van der Waals surface area contributed by atoms with Crippen LogP contribution in [0.4, 0.5) is 51.0 Å². The van der Waals surface area contributed by atoms with Crippen LogP contribution in [0.15, 0.2) is 125 Å². The molecular weight excluding hydrogens is 1490 g/mol. The largest absolute Gasteiger partial charge is 0.394 e. The number of fused-ring (bicyclic) bond motifs is 5. The van der Waals surface area contributed by atoms with Crippen LogP contribution in [-0.2, 0) is 9.47 Å². The number of aliphatic hydroxyl groups excluding tert-OH is 2. The summed E-state index contributed by atoms with van der Waals surface area (Å²) in [6.45, 7) is 5.63. The molecule has 5 fully saturated rings. The summed E-state index contributed by atoms with van der Waals surface area (Å²) in [5, 5.41) is 22.9. The molecule has 20 heterocycles. The maximum Gasteiger partial charge on any atom is 0.183 e. The topological polar surface area (TPSA) is 412 Å². The number of aromatic nitrogens is 25. The highest BCUT2D eigenvalue weighted by molar-refractivity contribution is 5.94. The second-order valence-electron chi connectivity index (χ2n) is 27.7. The Bertz CT molecular complexity index is 5580. The zero-order valence-electron chi connectivity index (χ0n) is 62.3. The second kappa shape index (κ2) is 34.5. The van der Waals surface area contributed by atoms with Crippen molar-refractivity contribution >= 4 is 84.3 Å². The van der Waals surface area contributed by atoms with Crippen LogP contribution in [0.1, 0.15) is 64.2 Å². The minimum absolute atomic E-state index is 0.0142. The Morgan fingerprint density at radius 3 is 0.826 bits per heavy atom. The molecule has 0 saturated carbocycles. The lowest BCUT2D eigenvalue weighted by Gasteiger charge is -2.25. The van der Waals surface area contributed by atoms with Crippen LogP contribution < -0.4 is 24.5 Å². The maximum atomic E-state index is 14.4. The van der Waals surface area contributed by atoms with Crippen molar-refractivity contribution in [3.8, 4) is 56.9 Å². The van der Waals surface area contributed by atoms with Crippen molar-refractivity contribution in [2.45, 2.75) is 88.4 Å². The van der Waals surface area contributed by atoms with E-state index in [1.54, 1.807) is 76.2 Å². The van der Waals surface area contributed by atoms with E-state index in [9.17, 15) is 32.2 Å². The second-order valence-corrected chi connectivity index (χ2v) is 27.7.